The van der Waals surface area contributed by atoms with Gasteiger partial charge >= 0.3 is 5.97 Å². The molecule has 0 heterocycles. The maximum atomic E-state index is 12.5. The van der Waals surface area contributed by atoms with Crippen LogP contribution in [-0.4, -0.2) is 42.8 Å². The van der Waals surface area contributed by atoms with E-state index in [-0.39, 0.29) is 27.9 Å². The topological polar surface area (TPSA) is 118 Å². The highest BCUT2D eigenvalue weighted by atomic mass is 35.5. The fourth-order valence-corrected chi connectivity index (χ4v) is 3.73. The van der Waals surface area contributed by atoms with Gasteiger partial charge in [-0.3, -0.25) is 4.79 Å². The highest BCUT2D eigenvalue weighted by Gasteiger charge is 2.27. The first-order chi connectivity index (χ1) is 10.1. The van der Waals surface area contributed by atoms with Crippen LogP contribution in [-0.2, 0) is 14.8 Å². The lowest BCUT2D eigenvalue weighted by molar-refractivity contribution is -0.118. The van der Waals surface area contributed by atoms with Crippen molar-refractivity contribution < 1.29 is 23.1 Å². The average Bonchev–Trinajstić information content (AvgIpc) is 2.36. The zero-order valence-electron chi connectivity index (χ0n) is 12.1. The lowest BCUT2D eigenvalue weighted by Gasteiger charge is -2.22. The molecule has 1 amide bonds. The van der Waals surface area contributed by atoms with Crippen LogP contribution in [0.5, 0.6) is 0 Å². The predicted octanol–water partition coefficient (Wildman–Crippen LogP) is 1.17. The Morgan fingerprint density at radius 1 is 1.36 bits per heavy atom. The Morgan fingerprint density at radius 3 is 2.36 bits per heavy atom. The van der Waals surface area contributed by atoms with Crippen molar-refractivity contribution in [2.24, 2.45) is 11.7 Å². The quantitative estimate of drug-likeness (QED) is 0.766. The molecule has 1 rings (SSSR count). The van der Waals surface area contributed by atoms with E-state index in [0.29, 0.717) is 0 Å². The minimum absolute atomic E-state index is 0.0251. The number of nitrogens with zero attached hydrogens (tertiary/aromatic N) is 1. The van der Waals surface area contributed by atoms with Crippen LogP contribution in [0, 0.1) is 5.92 Å². The molecular weight excluding hydrogens is 332 g/mol. The van der Waals surface area contributed by atoms with Gasteiger partial charge in [0.15, 0.2) is 0 Å². The van der Waals surface area contributed by atoms with Gasteiger partial charge < -0.3 is 10.8 Å². The SMILES string of the molecule is CC(C)CN(CC(N)=O)S(=O)(=O)c1ccc(C(=O)O)c(Cl)c1. The molecule has 0 saturated carbocycles. The first-order valence-corrected chi connectivity index (χ1v) is 8.18. The number of halogens is 1. The number of aromatic carboxylic acids is 1. The Morgan fingerprint density at radius 2 is 1.95 bits per heavy atom. The number of rotatable bonds is 7. The Bertz CT molecular complexity index is 688. The molecule has 0 radical (unpaired) electrons. The van der Waals surface area contributed by atoms with E-state index in [9.17, 15) is 18.0 Å². The second-order valence-corrected chi connectivity index (χ2v) is 7.45. The third-order valence-corrected chi connectivity index (χ3v) is 4.83. The first-order valence-electron chi connectivity index (χ1n) is 6.37. The molecule has 1 aromatic rings. The van der Waals surface area contributed by atoms with Crippen molar-refractivity contribution in [2.45, 2.75) is 18.7 Å². The number of carbonyl (C=O) groups is 2. The van der Waals surface area contributed by atoms with Gasteiger partial charge in [-0.2, -0.15) is 4.31 Å². The summed E-state index contributed by atoms with van der Waals surface area (Å²) in [6.07, 6.45) is 0. The molecule has 0 saturated heterocycles. The molecule has 22 heavy (non-hydrogen) atoms. The number of carboxylic acids is 1. The smallest absolute Gasteiger partial charge is 0.337 e. The van der Waals surface area contributed by atoms with Crippen molar-refractivity contribution in [3.63, 3.8) is 0 Å². The van der Waals surface area contributed by atoms with Crippen LogP contribution in [0.3, 0.4) is 0 Å². The number of carbonyl (C=O) groups excluding carboxylic acids is 1. The highest BCUT2D eigenvalue weighted by molar-refractivity contribution is 7.89. The monoisotopic (exact) mass is 348 g/mol. The van der Waals surface area contributed by atoms with Gasteiger partial charge in [-0.05, 0) is 24.1 Å². The molecular formula is C13H17ClN2O5S. The molecule has 0 aliphatic carbocycles. The lowest BCUT2D eigenvalue weighted by atomic mass is 10.2. The zero-order valence-corrected chi connectivity index (χ0v) is 13.7. The summed E-state index contributed by atoms with van der Waals surface area (Å²) in [5.41, 5.74) is 4.89. The summed E-state index contributed by atoms with van der Waals surface area (Å²) in [4.78, 5) is 21.8. The molecule has 0 fully saturated rings. The summed E-state index contributed by atoms with van der Waals surface area (Å²) in [5.74, 6) is -2.06. The molecule has 0 aromatic heterocycles. The van der Waals surface area contributed by atoms with E-state index in [1.165, 1.54) is 0 Å². The second-order valence-electron chi connectivity index (χ2n) is 5.10. The maximum Gasteiger partial charge on any atom is 0.337 e. The van der Waals surface area contributed by atoms with Gasteiger partial charge in [0.2, 0.25) is 15.9 Å². The molecule has 0 bridgehead atoms. The van der Waals surface area contributed by atoms with E-state index in [4.69, 9.17) is 22.4 Å². The Balaban J connectivity index is 3.27. The van der Waals surface area contributed by atoms with Crippen LogP contribution in [0.15, 0.2) is 23.1 Å². The van der Waals surface area contributed by atoms with Crippen molar-refractivity contribution >= 4 is 33.5 Å². The molecule has 0 spiro atoms. The van der Waals surface area contributed by atoms with Crippen LogP contribution < -0.4 is 5.73 Å². The van der Waals surface area contributed by atoms with E-state index in [1.54, 1.807) is 13.8 Å². The minimum atomic E-state index is -4.00. The number of hydrogen-bond donors (Lipinski definition) is 2. The Labute approximate surface area is 133 Å². The molecule has 9 heteroatoms. The van der Waals surface area contributed by atoms with Gasteiger partial charge in [0.1, 0.15) is 0 Å². The zero-order chi connectivity index (χ0) is 17.1. The van der Waals surface area contributed by atoms with Crippen molar-refractivity contribution in [1.82, 2.24) is 4.31 Å². The summed E-state index contributed by atoms with van der Waals surface area (Å²) in [6, 6.07) is 3.29. The van der Waals surface area contributed by atoms with E-state index in [2.05, 4.69) is 0 Å². The lowest BCUT2D eigenvalue weighted by Crippen LogP contribution is -2.40. The highest BCUT2D eigenvalue weighted by Crippen LogP contribution is 2.24. The fraction of sp³-hybridized carbons (Fsp3) is 0.385. The standard InChI is InChI=1S/C13H17ClN2O5S/c1-8(2)6-16(7-12(15)17)22(20,21)9-3-4-10(13(18)19)11(14)5-9/h3-5,8H,6-7H2,1-2H3,(H2,15,17)(H,18,19). The van der Waals surface area contributed by atoms with Crippen LogP contribution in [0.1, 0.15) is 24.2 Å². The normalized spacial score (nSPS) is 11.9. The third-order valence-electron chi connectivity index (χ3n) is 2.71. The third kappa shape index (κ3) is 4.43. The van der Waals surface area contributed by atoms with Crippen molar-refractivity contribution in [3.05, 3.63) is 28.8 Å². The minimum Gasteiger partial charge on any atom is -0.478 e. The van der Waals surface area contributed by atoms with Crippen molar-refractivity contribution in [1.29, 1.82) is 0 Å². The summed E-state index contributed by atoms with van der Waals surface area (Å²) >= 11 is 5.79. The Kier molecular flexibility index (Phi) is 5.92. The van der Waals surface area contributed by atoms with Gasteiger partial charge in [0.25, 0.3) is 0 Å². The second kappa shape index (κ2) is 7.08. The van der Waals surface area contributed by atoms with Crippen LogP contribution >= 0.6 is 11.6 Å². The summed E-state index contributed by atoms with van der Waals surface area (Å²) < 4.78 is 26.0. The molecule has 0 atom stereocenters. The molecule has 122 valence electrons. The molecule has 0 unspecified atom stereocenters. The summed E-state index contributed by atoms with van der Waals surface area (Å²) in [5, 5.41) is 8.70. The van der Waals surface area contributed by atoms with Crippen LogP contribution in [0.4, 0.5) is 0 Å². The molecule has 3 N–H and O–H groups in total. The van der Waals surface area contributed by atoms with Gasteiger partial charge in [0.05, 0.1) is 22.0 Å². The van der Waals surface area contributed by atoms with Crippen LogP contribution in [0.25, 0.3) is 0 Å². The largest absolute Gasteiger partial charge is 0.478 e. The van der Waals surface area contributed by atoms with Gasteiger partial charge in [-0.15, -0.1) is 0 Å². The van der Waals surface area contributed by atoms with Crippen LogP contribution in [0.2, 0.25) is 5.02 Å². The van der Waals surface area contributed by atoms with Crippen molar-refractivity contribution in [3.8, 4) is 0 Å². The molecule has 0 aliphatic heterocycles. The predicted molar refractivity (Wildman–Crippen MR) is 81.2 cm³/mol. The van der Waals surface area contributed by atoms with E-state index in [1.807, 2.05) is 0 Å². The number of sulfonamides is 1. The fourth-order valence-electron chi connectivity index (χ4n) is 1.81. The van der Waals surface area contributed by atoms with Gasteiger partial charge in [0, 0.05) is 6.54 Å². The molecule has 1 aromatic carbocycles. The van der Waals surface area contributed by atoms with Crippen molar-refractivity contribution in [2.75, 3.05) is 13.1 Å². The number of benzene rings is 1. The molecule has 0 aliphatic rings. The summed E-state index contributed by atoms with van der Waals surface area (Å²) in [7, 11) is -4.00. The number of carboxylic acid groups (broad SMARTS) is 1. The number of hydrogen-bond acceptors (Lipinski definition) is 4. The number of nitrogens with two attached hydrogens (primary N) is 1. The maximum absolute atomic E-state index is 12.5. The van der Waals surface area contributed by atoms with E-state index < -0.39 is 28.4 Å². The summed E-state index contributed by atoms with van der Waals surface area (Å²) in [6.45, 7) is 3.23. The Hall–Kier alpha value is -1.64. The number of primary amides is 1. The average molecular weight is 349 g/mol. The van der Waals surface area contributed by atoms with Gasteiger partial charge in [-0.1, -0.05) is 25.4 Å². The van der Waals surface area contributed by atoms with E-state index >= 15 is 0 Å². The van der Waals surface area contributed by atoms with E-state index in [0.717, 1.165) is 22.5 Å². The molecule has 7 nitrogen and oxygen atoms in total. The van der Waals surface area contributed by atoms with Gasteiger partial charge in [-0.25, -0.2) is 13.2 Å². The number of amides is 1. The first kappa shape index (κ1) is 18.4.